The first-order valence-corrected chi connectivity index (χ1v) is 4.65. The molecule has 0 bridgehead atoms. The van der Waals surface area contributed by atoms with E-state index in [1.165, 1.54) is 0 Å². The molecule has 0 aliphatic rings. The predicted octanol–water partition coefficient (Wildman–Crippen LogP) is 0.908. The van der Waals surface area contributed by atoms with Gasteiger partial charge in [-0.1, -0.05) is 23.1 Å². The van der Waals surface area contributed by atoms with Gasteiger partial charge in [-0.2, -0.15) is 4.52 Å². The predicted molar refractivity (Wildman–Crippen MR) is 40.4 cm³/mol. The minimum Gasteiger partial charge on any atom is -0.190 e. The molecule has 0 saturated carbocycles. The first-order chi connectivity index (χ1) is 4.90. The first kappa shape index (κ1) is 6.11. The van der Waals surface area contributed by atoms with Crippen LogP contribution in [-0.4, -0.2) is 26.1 Å². The van der Waals surface area contributed by atoms with E-state index in [4.69, 9.17) is 0 Å². The Kier molecular flexibility index (Phi) is 1.35. The molecule has 2 aromatic heterocycles. The van der Waals surface area contributed by atoms with Gasteiger partial charge in [-0.25, -0.2) is 0 Å². The van der Waals surface area contributed by atoms with Crippen LogP contribution in [0.25, 0.3) is 4.96 Å². The van der Waals surface area contributed by atoms with Gasteiger partial charge in [0.25, 0.3) is 0 Å². The highest BCUT2D eigenvalue weighted by Crippen LogP contribution is 2.20. The quantitative estimate of drug-likeness (QED) is 0.600. The van der Waals surface area contributed by atoms with Gasteiger partial charge in [0.2, 0.25) is 4.96 Å². The molecule has 2 aromatic rings. The van der Waals surface area contributed by atoms with E-state index in [1.54, 1.807) is 33.9 Å². The van der Waals surface area contributed by atoms with E-state index in [2.05, 4.69) is 15.3 Å². The van der Waals surface area contributed by atoms with Crippen molar-refractivity contribution in [2.75, 3.05) is 6.26 Å². The Morgan fingerprint density at radius 3 is 3.30 bits per heavy atom. The van der Waals surface area contributed by atoms with Gasteiger partial charge in [0.05, 0.1) is 0 Å². The molecular formula is C4H4N4S2. The molecule has 10 heavy (non-hydrogen) atoms. The number of aromatic nitrogens is 4. The van der Waals surface area contributed by atoms with E-state index in [9.17, 15) is 0 Å². The van der Waals surface area contributed by atoms with E-state index < -0.39 is 0 Å². The molecule has 4 nitrogen and oxygen atoms in total. The molecule has 0 atom stereocenters. The summed E-state index contributed by atoms with van der Waals surface area (Å²) in [6, 6.07) is 0. The maximum Gasteiger partial charge on any atom is 0.235 e. The van der Waals surface area contributed by atoms with Crippen LogP contribution in [0, 0.1) is 0 Å². The summed E-state index contributed by atoms with van der Waals surface area (Å²) < 4.78 is 2.70. The van der Waals surface area contributed by atoms with Gasteiger partial charge < -0.3 is 0 Å². The maximum absolute atomic E-state index is 4.16. The summed E-state index contributed by atoms with van der Waals surface area (Å²) in [5, 5.41) is 11.7. The standard InChI is InChI=1S/C4H4N4S2/c1-9-4-7-8-2-5-6-3(8)10-4/h2H,1H3. The van der Waals surface area contributed by atoms with Crippen LogP contribution in [0.1, 0.15) is 0 Å². The van der Waals surface area contributed by atoms with Crippen molar-refractivity contribution in [3.63, 3.8) is 0 Å². The molecule has 0 aliphatic carbocycles. The Balaban J connectivity index is 2.67. The summed E-state index contributed by atoms with van der Waals surface area (Å²) in [4.78, 5) is 0.851. The molecular weight excluding hydrogens is 168 g/mol. The zero-order valence-electron chi connectivity index (χ0n) is 5.18. The molecule has 2 heterocycles. The maximum atomic E-state index is 4.16. The fourth-order valence-electron chi connectivity index (χ4n) is 0.624. The van der Waals surface area contributed by atoms with E-state index in [0.717, 1.165) is 9.30 Å². The van der Waals surface area contributed by atoms with Crippen LogP contribution in [0.15, 0.2) is 10.7 Å². The molecule has 0 aliphatic heterocycles. The second kappa shape index (κ2) is 2.21. The summed E-state index contributed by atoms with van der Waals surface area (Å²) in [5.74, 6) is 0. The number of thioether (sulfide) groups is 1. The van der Waals surface area contributed by atoms with Crippen molar-refractivity contribution in [2.24, 2.45) is 0 Å². The highest BCUT2D eigenvalue weighted by atomic mass is 32.2. The van der Waals surface area contributed by atoms with Crippen LogP contribution in [0.5, 0.6) is 0 Å². The lowest BCUT2D eigenvalue weighted by atomic mass is 11.3. The first-order valence-electron chi connectivity index (χ1n) is 2.61. The normalized spacial score (nSPS) is 10.9. The summed E-state index contributed by atoms with van der Waals surface area (Å²) in [7, 11) is 0. The molecule has 0 N–H and O–H groups in total. The molecule has 0 fully saturated rings. The van der Waals surface area contributed by atoms with E-state index in [0.29, 0.717) is 0 Å². The van der Waals surface area contributed by atoms with Gasteiger partial charge in [-0.3, -0.25) is 0 Å². The highest BCUT2D eigenvalue weighted by molar-refractivity contribution is 8.00. The fraction of sp³-hybridized carbons (Fsp3) is 0.250. The van der Waals surface area contributed by atoms with Crippen molar-refractivity contribution in [3.8, 4) is 0 Å². The lowest BCUT2D eigenvalue weighted by Gasteiger charge is -1.77. The number of hydrogen-bond acceptors (Lipinski definition) is 5. The topological polar surface area (TPSA) is 43.1 Å². The van der Waals surface area contributed by atoms with E-state index in [1.807, 2.05) is 6.26 Å². The number of hydrogen-bond donors (Lipinski definition) is 0. The summed E-state index contributed by atoms with van der Waals surface area (Å²) in [5.41, 5.74) is 0. The van der Waals surface area contributed by atoms with Gasteiger partial charge in [0, 0.05) is 0 Å². The molecule has 0 spiro atoms. The molecule has 6 heteroatoms. The van der Waals surface area contributed by atoms with Crippen molar-refractivity contribution < 1.29 is 0 Å². The SMILES string of the molecule is CSc1nn2cnnc2s1. The van der Waals surface area contributed by atoms with Crippen LogP contribution in [0.3, 0.4) is 0 Å². The molecule has 0 unspecified atom stereocenters. The molecule has 52 valence electrons. The molecule has 0 radical (unpaired) electrons. The van der Waals surface area contributed by atoms with Crippen LogP contribution in [-0.2, 0) is 0 Å². The summed E-state index contributed by atoms with van der Waals surface area (Å²) in [6.07, 6.45) is 3.59. The average molecular weight is 172 g/mol. The third kappa shape index (κ3) is 0.800. The Morgan fingerprint density at radius 1 is 1.70 bits per heavy atom. The third-order valence-electron chi connectivity index (χ3n) is 1.04. The van der Waals surface area contributed by atoms with Crippen molar-refractivity contribution in [3.05, 3.63) is 6.33 Å². The van der Waals surface area contributed by atoms with Crippen molar-refractivity contribution in [1.29, 1.82) is 0 Å². The fourth-order valence-corrected chi connectivity index (χ4v) is 1.91. The summed E-state index contributed by atoms with van der Waals surface area (Å²) >= 11 is 3.16. The van der Waals surface area contributed by atoms with Crippen LogP contribution in [0.2, 0.25) is 0 Å². The van der Waals surface area contributed by atoms with Gasteiger partial charge >= 0.3 is 0 Å². The number of rotatable bonds is 1. The van der Waals surface area contributed by atoms with Crippen molar-refractivity contribution >= 4 is 28.1 Å². The Hall–Kier alpha value is -0.620. The van der Waals surface area contributed by atoms with Gasteiger partial charge in [-0.05, 0) is 6.26 Å². The molecule has 0 amide bonds. The zero-order chi connectivity index (χ0) is 6.97. The highest BCUT2D eigenvalue weighted by Gasteiger charge is 2.01. The second-order valence-electron chi connectivity index (χ2n) is 1.63. The van der Waals surface area contributed by atoms with Crippen LogP contribution < -0.4 is 0 Å². The Labute approximate surface area is 65.3 Å². The van der Waals surface area contributed by atoms with Gasteiger partial charge in [0.1, 0.15) is 6.33 Å². The molecule has 0 saturated heterocycles. The van der Waals surface area contributed by atoms with E-state index >= 15 is 0 Å². The molecule has 0 aromatic carbocycles. The minimum absolute atomic E-state index is 0.851. The third-order valence-corrected chi connectivity index (χ3v) is 2.93. The molecule has 2 rings (SSSR count). The Bertz CT molecular complexity index is 309. The summed E-state index contributed by atoms with van der Waals surface area (Å²) in [6.45, 7) is 0. The number of nitrogens with zero attached hydrogens (tertiary/aromatic N) is 4. The zero-order valence-corrected chi connectivity index (χ0v) is 6.82. The lowest BCUT2D eigenvalue weighted by Crippen LogP contribution is -1.78. The average Bonchev–Trinajstić information content (AvgIpc) is 2.42. The Morgan fingerprint density at radius 2 is 2.60 bits per heavy atom. The lowest BCUT2D eigenvalue weighted by molar-refractivity contribution is 0.903. The van der Waals surface area contributed by atoms with Crippen molar-refractivity contribution in [1.82, 2.24) is 19.8 Å². The second-order valence-corrected chi connectivity index (χ2v) is 3.64. The van der Waals surface area contributed by atoms with Crippen LogP contribution in [0.4, 0.5) is 0 Å². The smallest absolute Gasteiger partial charge is 0.190 e. The van der Waals surface area contributed by atoms with Gasteiger partial charge in [0.15, 0.2) is 4.34 Å². The van der Waals surface area contributed by atoms with Crippen LogP contribution >= 0.6 is 23.1 Å². The van der Waals surface area contributed by atoms with E-state index in [-0.39, 0.29) is 0 Å². The van der Waals surface area contributed by atoms with Crippen molar-refractivity contribution in [2.45, 2.75) is 4.34 Å². The van der Waals surface area contributed by atoms with Gasteiger partial charge in [-0.15, -0.1) is 15.3 Å². The number of fused-ring (bicyclic) bond motifs is 1. The minimum atomic E-state index is 0.851. The monoisotopic (exact) mass is 172 g/mol. The largest absolute Gasteiger partial charge is 0.235 e.